The number of quaternary nitrogens is 1. The number of nitrogens with zero attached hydrogens (tertiary/aromatic N) is 1. The number of carbonyl (C=O) groups is 3. The minimum atomic E-state index is -0.619. The van der Waals surface area contributed by atoms with E-state index in [1.165, 1.54) is 6.92 Å². The molecule has 3 fully saturated rings. The minimum absolute atomic E-state index is 0. The zero-order valence-electron chi connectivity index (χ0n) is 22.0. The third-order valence-electron chi connectivity index (χ3n) is 7.77. The molecule has 7 nitrogen and oxygen atoms in total. The van der Waals surface area contributed by atoms with Crippen LogP contribution in [0.25, 0.3) is 0 Å². The van der Waals surface area contributed by atoms with Gasteiger partial charge in [-0.3, -0.25) is 9.59 Å². The first kappa shape index (κ1) is 28.5. The fourth-order valence-electron chi connectivity index (χ4n) is 5.76. The monoisotopic (exact) mass is 591 g/mol. The number of ketones is 1. The number of halogens is 1. The highest BCUT2D eigenvalue weighted by molar-refractivity contribution is 5.98. The van der Waals surface area contributed by atoms with Crippen molar-refractivity contribution in [2.75, 3.05) is 36.8 Å². The molecule has 2 atom stereocenters. The predicted molar refractivity (Wildman–Crippen MR) is 147 cm³/mol. The van der Waals surface area contributed by atoms with E-state index in [2.05, 4.69) is 10.6 Å². The van der Waals surface area contributed by atoms with Crippen LogP contribution in [0.15, 0.2) is 84.9 Å². The number of rotatable bonds is 9. The molecule has 0 unspecified atom stereocenters. The Morgan fingerprint density at radius 1 is 0.872 bits per heavy atom. The second kappa shape index (κ2) is 12.6. The predicted octanol–water partition coefficient (Wildman–Crippen LogP) is 1.84. The van der Waals surface area contributed by atoms with Gasteiger partial charge in [0.1, 0.15) is 13.1 Å². The quantitative estimate of drug-likeness (QED) is 0.225. The van der Waals surface area contributed by atoms with Gasteiger partial charge in [-0.25, -0.2) is 4.79 Å². The van der Waals surface area contributed by atoms with E-state index in [1.807, 2.05) is 60.7 Å². The molecule has 8 heteroatoms. The molecule has 0 aliphatic carbocycles. The topological polar surface area (TPSA) is 84.5 Å². The first-order chi connectivity index (χ1) is 18.4. The molecule has 2 bridgehead atoms. The summed E-state index contributed by atoms with van der Waals surface area (Å²) in [6, 6.07) is 25.7. The number of para-hydroxylation sites is 1. The molecule has 1 amide bonds. The maximum absolute atomic E-state index is 13.6. The molecule has 3 aromatic rings. The Hall–Kier alpha value is -3.49. The van der Waals surface area contributed by atoms with Gasteiger partial charge in [0.15, 0.2) is 12.1 Å². The highest BCUT2D eigenvalue weighted by Gasteiger charge is 2.49. The molecule has 2 N–H and O–H groups in total. The van der Waals surface area contributed by atoms with Crippen LogP contribution < -0.4 is 27.6 Å². The highest BCUT2D eigenvalue weighted by Crippen LogP contribution is 2.37. The van der Waals surface area contributed by atoms with Crippen LogP contribution in [0.3, 0.4) is 0 Å². The van der Waals surface area contributed by atoms with Crippen molar-refractivity contribution in [3.63, 3.8) is 0 Å². The smallest absolute Gasteiger partial charge is 0.333 e. The molecule has 6 rings (SSSR count). The van der Waals surface area contributed by atoms with Crippen molar-refractivity contribution in [2.24, 2.45) is 5.92 Å². The Morgan fingerprint density at radius 2 is 1.49 bits per heavy atom. The first-order valence-electron chi connectivity index (χ1n) is 13.2. The van der Waals surface area contributed by atoms with Gasteiger partial charge in [-0.1, -0.05) is 48.5 Å². The Bertz CT molecular complexity index is 1280. The van der Waals surface area contributed by atoms with Crippen LogP contribution in [-0.2, 0) is 14.3 Å². The molecule has 0 spiro atoms. The van der Waals surface area contributed by atoms with Crippen LogP contribution in [0.5, 0.6) is 0 Å². The molecule has 3 saturated heterocycles. The van der Waals surface area contributed by atoms with Crippen molar-refractivity contribution in [3.8, 4) is 0 Å². The molecule has 3 aliphatic rings. The van der Waals surface area contributed by atoms with Crippen LogP contribution in [0.4, 0.5) is 11.4 Å². The zero-order valence-corrected chi connectivity index (χ0v) is 23.6. The van der Waals surface area contributed by atoms with Gasteiger partial charge in [0.2, 0.25) is 11.7 Å². The molecule has 0 aromatic heterocycles. The van der Waals surface area contributed by atoms with E-state index in [0.29, 0.717) is 34.7 Å². The summed E-state index contributed by atoms with van der Waals surface area (Å²) in [5.41, 5.74) is 3.00. The van der Waals surface area contributed by atoms with Gasteiger partial charge < -0.3 is 36.8 Å². The summed E-state index contributed by atoms with van der Waals surface area (Å²) < 4.78 is 6.85. The van der Waals surface area contributed by atoms with E-state index < -0.39 is 6.04 Å². The summed E-state index contributed by atoms with van der Waals surface area (Å²) in [6.45, 7) is 4.32. The van der Waals surface area contributed by atoms with Gasteiger partial charge in [0, 0.05) is 42.6 Å². The molecule has 39 heavy (non-hydrogen) atoms. The normalized spacial score (nSPS) is 22.2. The van der Waals surface area contributed by atoms with E-state index in [4.69, 9.17) is 4.74 Å². The SMILES string of the molecule is CC(=O)Nc1ccc(C(=O)C[N+]23CCC(CC2)[C@@H](OC(=O)[C@H](Nc2ccccc2)c2ccccc2)C3)cc1.[Br-]. The number of anilines is 2. The summed E-state index contributed by atoms with van der Waals surface area (Å²) >= 11 is 0. The van der Waals surface area contributed by atoms with Gasteiger partial charge in [-0.15, -0.1) is 0 Å². The van der Waals surface area contributed by atoms with Gasteiger partial charge in [-0.05, 0) is 42.0 Å². The van der Waals surface area contributed by atoms with E-state index in [-0.39, 0.29) is 40.7 Å². The fraction of sp³-hybridized carbons (Fsp3) is 0.323. The van der Waals surface area contributed by atoms with Gasteiger partial charge in [0.05, 0.1) is 13.1 Å². The summed E-state index contributed by atoms with van der Waals surface area (Å²) in [4.78, 5) is 38.1. The number of piperidine rings is 3. The van der Waals surface area contributed by atoms with E-state index >= 15 is 0 Å². The lowest BCUT2D eigenvalue weighted by molar-refractivity contribution is -0.938. The molecular weight excluding hydrogens is 558 g/mol. The Balaban J connectivity index is 0.00000353. The molecule has 204 valence electrons. The highest BCUT2D eigenvalue weighted by atomic mass is 79.9. The molecule has 3 heterocycles. The minimum Gasteiger partial charge on any atom is -1.00 e. The number of hydrogen-bond donors (Lipinski definition) is 2. The maximum atomic E-state index is 13.6. The van der Waals surface area contributed by atoms with Crippen LogP contribution in [0, 0.1) is 5.92 Å². The Labute approximate surface area is 239 Å². The van der Waals surface area contributed by atoms with Gasteiger partial charge >= 0.3 is 5.97 Å². The number of carbonyl (C=O) groups excluding carboxylic acids is 3. The number of fused-ring (bicyclic) bond motifs is 3. The summed E-state index contributed by atoms with van der Waals surface area (Å²) in [5.74, 6) is -0.0543. The van der Waals surface area contributed by atoms with Crippen molar-refractivity contribution < 1.29 is 40.6 Å². The lowest BCUT2D eigenvalue weighted by Crippen LogP contribution is -3.00. The first-order valence-corrected chi connectivity index (χ1v) is 13.2. The summed E-state index contributed by atoms with van der Waals surface area (Å²) in [6.07, 6.45) is 1.66. The van der Waals surface area contributed by atoms with E-state index in [0.717, 1.165) is 37.2 Å². The number of esters is 1. The largest absolute Gasteiger partial charge is 1.00 e. The zero-order chi connectivity index (χ0) is 26.5. The maximum Gasteiger partial charge on any atom is 0.333 e. The van der Waals surface area contributed by atoms with Gasteiger partial charge in [0.25, 0.3) is 0 Å². The molecule has 0 saturated carbocycles. The third-order valence-corrected chi connectivity index (χ3v) is 7.77. The van der Waals surface area contributed by atoms with Gasteiger partial charge in [-0.2, -0.15) is 0 Å². The number of hydrogen-bond acceptors (Lipinski definition) is 5. The summed E-state index contributed by atoms with van der Waals surface area (Å²) in [7, 11) is 0. The Kier molecular flexibility index (Phi) is 9.20. The molecule has 3 aliphatic heterocycles. The van der Waals surface area contributed by atoms with Crippen LogP contribution >= 0.6 is 0 Å². The lowest BCUT2D eigenvalue weighted by Gasteiger charge is -2.51. The number of nitrogens with one attached hydrogen (secondary N) is 2. The third kappa shape index (κ3) is 6.94. The number of amides is 1. The summed E-state index contributed by atoms with van der Waals surface area (Å²) in [5, 5.41) is 6.08. The van der Waals surface area contributed by atoms with Crippen LogP contribution in [-0.4, -0.2) is 54.4 Å². The lowest BCUT2D eigenvalue weighted by atomic mass is 9.82. The molecule has 0 radical (unpaired) electrons. The number of ether oxygens (including phenoxy) is 1. The van der Waals surface area contributed by atoms with Crippen LogP contribution in [0.2, 0.25) is 0 Å². The number of benzene rings is 3. The average Bonchev–Trinajstić information content (AvgIpc) is 2.93. The second-order valence-corrected chi connectivity index (χ2v) is 10.5. The van der Waals surface area contributed by atoms with Crippen molar-refractivity contribution in [3.05, 3.63) is 96.1 Å². The van der Waals surface area contributed by atoms with Crippen molar-refractivity contribution in [1.29, 1.82) is 0 Å². The van der Waals surface area contributed by atoms with E-state index in [1.54, 1.807) is 24.3 Å². The van der Waals surface area contributed by atoms with Crippen molar-refractivity contribution in [2.45, 2.75) is 31.9 Å². The van der Waals surface area contributed by atoms with E-state index in [9.17, 15) is 14.4 Å². The fourth-order valence-corrected chi connectivity index (χ4v) is 5.76. The standard InChI is InChI=1S/C31H33N3O4.BrH/c1-22(35)32-27-14-12-23(13-15-27)28(36)20-34-18-16-24(17-19-34)29(21-34)38-31(37)30(25-8-4-2-5-9-25)33-26-10-6-3-7-11-26;/h2-15,24,29-30,33H,16-21H2,1H3;1H/t24?,29-,30+,34?;/m0./s1. The average molecular weight is 593 g/mol. The van der Waals surface area contributed by atoms with Crippen molar-refractivity contribution >= 4 is 29.0 Å². The van der Waals surface area contributed by atoms with Crippen LogP contribution in [0.1, 0.15) is 41.7 Å². The molecular formula is C31H34BrN3O4. The van der Waals surface area contributed by atoms with Crippen molar-refractivity contribution in [1.82, 2.24) is 0 Å². The molecule has 3 aromatic carbocycles. The second-order valence-electron chi connectivity index (χ2n) is 10.5. The Morgan fingerprint density at radius 3 is 2.10 bits per heavy atom. The number of Topliss-reactive ketones (excluding diaryl/α,β-unsaturated/α-hetero) is 1.